The Hall–Kier alpha value is -2.48. The van der Waals surface area contributed by atoms with Crippen LogP contribution in [0.5, 0.6) is 0 Å². The molecule has 0 aliphatic heterocycles. The highest BCUT2D eigenvalue weighted by Crippen LogP contribution is 2.11. The number of ether oxygens (including phenoxy) is 1. The van der Waals surface area contributed by atoms with Gasteiger partial charge in [-0.25, -0.2) is 4.79 Å². The number of anilines is 1. The smallest absolute Gasteiger partial charge is 0.408 e. The summed E-state index contributed by atoms with van der Waals surface area (Å²) in [7, 11) is 0. The summed E-state index contributed by atoms with van der Waals surface area (Å²) >= 11 is 1.21. The summed E-state index contributed by atoms with van der Waals surface area (Å²) in [5, 5.41) is 13.0. The van der Waals surface area contributed by atoms with Crippen LogP contribution in [0, 0.1) is 5.92 Å². The van der Waals surface area contributed by atoms with Crippen LogP contribution < -0.4 is 10.6 Å². The Morgan fingerprint density at radius 2 is 2.00 bits per heavy atom. The van der Waals surface area contributed by atoms with E-state index in [2.05, 4.69) is 20.8 Å². The molecule has 0 aliphatic rings. The Morgan fingerprint density at radius 1 is 1.26 bits per heavy atom. The molecular formula is C15H18N4O3S. The highest BCUT2D eigenvalue weighted by atomic mass is 32.1. The van der Waals surface area contributed by atoms with Crippen LogP contribution in [0.3, 0.4) is 0 Å². The van der Waals surface area contributed by atoms with Gasteiger partial charge in [0, 0.05) is 0 Å². The van der Waals surface area contributed by atoms with Gasteiger partial charge in [-0.05, 0) is 11.5 Å². The normalized spacial score (nSPS) is 11.8. The predicted molar refractivity (Wildman–Crippen MR) is 86.9 cm³/mol. The van der Waals surface area contributed by atoms with Crippen LogP contribution in [0.4, 0.5) is 9.93 Å². The van der Waals surface area contributed by atoms with Crippen LogP contribution in [-0.2, 0) is 16.1 Å². The van der Waals surface area contributed by atoms with Crippen LogP contribution in [-0.4, -0.2) is 28.2 Å². The first-order chi connectivity index (χ1) is 11.1. The van der Waals surface area contributed by atoms with Crippen LogP contribution in [0.1, 0.15) is 19.4 Å². The second-order valence-electron chi connectivity index (χ2n) is 5.16. The molecule has 2 rings (SSSR count). The van der Waals surface area contributed by atoms with E-state index in [9.17, 15) is 9.59 Å². The Kier molecular flexibility index (Phi) is 6.04. The first-order valence-electron chi connectivity index (χ1n) is 7.10. The maximum absolute atomic E-state index is 12.2. The Bertz CT molecular complexity index is 631. The number of carbonyl (C=O) groups excluding carboxylic acids is 2. The molecule has 1 heterocycles. The van der Waals surface area contributed by atoms with Crippen molar-refractivity contribution in [1.29, 1.82) is 0 Å². The summed E-state index contributed by atoms with van der Waals surface area (Å²) < 4.78 is 5.14. The van der Waals surface area contributed by atoms with Gasteiger partial charge in [-0.15, -0.1) is 10.2 Å². The summed E-state index contributed by atoms with van der Waals surface area (Å²) in [6.07, 6.45) is -0.639. The lowest BCUT2D eigenvalue weighted by Gasteiger charge is -2.20. The molecular weight excluding hydrogens is 316 g/mol. The minimum absolute atomic E-state index is 0.104. The lowest BCUT2D eigenvalue weighted by molar-refractivity contribution is -0.119. The quantitative estimate of drug-likeness (QED) is 0.846. The molecule has 0 saturated carbocycles. The summed E-state index contributed by atoms with van der Waals surface area (Å²) in [5.74, 6) is -0.458. The van der Waals surface area contributed by atoms with E-state index in [0.717, 1.165) is 5.56 Å². The zero-order valence-corrected chi connectivity index (χ0v) is 13.7. The maximum Gasteiger partial charge on any atom is 0.408 e. The van der Waals surface area contributed by atoms with E-state index >= 15 is 0 Å². The van der Waals surface area contributed by atoms with Crippen molar-refractivity contribution in [3.63, 3.8) is 0 Å². The summed E-state index contributed by atoms with van der Waals surface area (Å²) in [4.78, 5) is 24.1. The van der Waals surface area contributed by atoms with Gasteiger partial charge in [0.25, 0.3) is 0 Å². The third-order valence-electron chi connectivity index (χ3n) is 3.03. The number of aromatic nitrogens is 2. The fourth-order valence-corrected chi connectivity index (χ4v) is 2.29. The van der Waals surface area contributed by atoms with Crippen molar-refractivity contribution in [2.24, 2.45) is 5.92 Å². The van der Waals surface area contributed by atoms with Crippen molar-refractivity contribution in [2.45, 2.75) is 26.5 Å². The third kappa shape index (κ3) is 5.33. The number of amides is 2. The number of hydrogen-bond donors (Lipinski definition) is 2. The molecule has 7 nitrogen and oxygen atoms in total. The number of benzene rings is 1. The van der Waals surface area contributed by atoms with E-state index in [1.807, 2.05) is 44.2 Å². The van der Waals surface area contributed by atoms with Gasteiger partial charge in [-0.3, -0.25) is 10.1 Å². The summed E-state index contributed by atoms with van der Waals surface area (Å²) in [5.41, 5.74) is 2.39. The van der Waals surface area contributed by atoms with E-state index < -0.39 is 12.1 Å². The molecule has 0 radical (unpaired) electrons. The standard InChI is InChI=1S/C15H18N4O3S/c1-10(2)12(13(20)18-14-19-16-9-23-14)17-15(21)22-8-11-6-4-3-5-7-11/h3-7,9-10,12H,8H2,1-2H3,(H,17,21)(H,18,19,20)/t12-/m0/s1. The van der Waals surface area contributed by atoms with Crippen molar-refractivity contribution in [3.05, 3.63) is 41.4 Å². The van der Waals surface area contributed by atoms with Crippen LogP contribution in [0.2, 0.25) is 0 Å². The van der Waals surface area contributed by atoms with Gasteiger partial charge < -0.3 is 10.1 Å². The van der Waals surface area contributed by atoms with E-state index in [1.54, 1.807) is 0 Å². The fourth-order valence-electron chi connectivity index (χ4n) is 1.84. The molecule has 1 aromatic heterocycles. The molecule has 0 spiro atoms. The van der Waals surface area contributed by atoms with E-state index in [-0.39, 0.29) is 18.4 Å². The van der Waals surface area contributed by atoms with Crippen molar-refractivity contribution >= 4 is 28.5 Å². The lowest BCUT2D eigenvalue weighted by atomic mass is 10.0. The Balaban J connectivity index is 1.88. The summed E-state index contributed by atoms with van der Waals surface area (Å²) in [6, 6.07) is 8.61. The number of hydrogen-bond acceptors (Lipinski definition) is 6. The topological polar surface area (TPSA) is 93.2 Å². The molecule has 0 unspecified atom stereocenters. The summed E-state index contributed by atoms with van der Waals surface area (Å²) in [6.45, 7) is 3.82. The van der Waals surface area contributed by atoms with Gasteiger partial charge in [0.2, 0.25) is 11.0 Å². The highest BCUT2D eigenvalue weighted by Gasteiger charge is 2.25. The lowest BCUT2D eigenvalue weighted by Crippen LogP contribution is -2.47. The average Bonchev–Trinajstić information content (AvgIpc) is 3.04. The van der Waals surface area contributed by atoms with E-state index in [0.29, 0.717) is 5.13 Å². The van der Waals surface area contributed by atoms with Crippen molar-refractivity contribution < 1.29 is 14.3 Å². The first-order valence-corrected chi connectivity index (χ1v) is 7.98. The largest absolute Gasteiger partial charge is 0.445 e. The number of rotatable bonds is 6. The van der Waals surface area contributed by atoms with Crippen molar-refractivity contribution in [2.75, 3.05) is 5.32 Å². The molecule has 2 N–H and O–H groups in total. The average molecular weight is 334 g/mol. The molecule has 1 atom stereocenters. The first kappa shape index (κ1) is 16.9. The van der Waals surface area contributed by atoms with Gasteiger partial charge in [-0.1, -0.05) is 55.5 Å². The number of nitrogens with one attached hydrogen (secondary N) is 2. The third-order valence-corrected chi connectivity index (χ3v) is 3.63. The van der Waals surface area contributed by atoms with Gasteiger partial charge >= 0.3 is 6.09 Å². The second kappa shape index (κ2) is 8.23. The molecule has 0 aliphatic carbocycles. The molecule has 2 aromatic rings. The van der Waals surface area contributed by atoms with Crippen LogP contribution >= 0.6 is 11.3 Å². The van der Waals surface area contributed by atoms with E-state index in [1.165, 1.54) is 16.8 Å². The van der Waals surface area contributed by atoms with Gasteiger partial charge in [0.15, 0.2) is 0 Å². The zero-order chi connectivity index (χ0) is 16.7. The number of nitrogens with zero attached hydrogens (tertiary/aromatic N) is 2. The van der Waals surface area contributed by atoms with Crippen molar-refractivity contribution in [3.8, 4) is 0 Å². The molecule has 8 heteroatoms. The van der Waals surface area contributed by atoms with Crippen molar-refractivity contribution in [1.82, 2.24) is 15.5 Å². The van der Waals surface area contributed by atoms with Crippen LogP contribution in [0.15, 0.2) is 35.8 Å². The van der Waals surface area contributed by atoms with Gasteiger partial charge in [0.05, 0.1) is 0 Å². The number of carbonyl (C=O) groups is 2. The SMILES string of the molecule is CC(C)[C@H](NC(=O)OCc1ccccc1)C(=O)Nc1nncs1. The fraction of sp³-hybridized carbons (Fsp3) is 0.333. The highest BCUT2D eigenvalue weighted by molar-refractivity contribution is 7.13. The van der Waals surface area contributed by atoms with Gasteiger partial charge in [0.1, 0.15) is 18.2 Å². The minimum Gasteiger partial charge on any atom is -0.445 e. The molecule has 0 fully saturated rings. The van der Waals surface area contributed by atoms with E-state index in [4.69, 9.17) is 4.74 Å². The maximum atomic E-state index is 12.2. The molecule has 0 saturated heterocycles. The van der Waals surface area contributed by atoms with Crippen LogP contribution in [0.25, 0.3) is 0 Å². The molecule has 1 aromatic carbocycles. The minimum atomic E-state index is -0.720. The van der Waals surface area contributed by atoms with Gasteiger partial charge in [-0.2, -0.15) is 0 Å². The second-order valence-corrected chi connectivity index (χ2v) is 5.99. The zero-order valence-electron chi connectivity index (χ0n) is 12.9. The Morgan fingerprint density at radius 3 is 2.61 bits per heavy atom. The molecule has 122 valence electrons. The molecule has 23 heavy (non-hydrogen) atoms. The monoisotopic (exact) mass is 334 g/mol. The molecule has 0 bridgehead atoms. The number of alkyl carbamates (subject to hydrolysis) is 1. The molecule has 2 amide bonds. The predicted octanol–water partition coefficient (Wildman–Crippen LogP) is 2.43. The Labute approximate surface area is 138 Å².